The number of carbonyl (C=O) groups excluding carboxylic acids is 1. The zero-order valence-corrected chi connectivity index (χ0v) is 16.6. The van der Waals surface area contributed by atoms with Gasteiger partial charge in [-0.2, -0.15) is 4.31 Å². The summed E-state index contributed by atoms with van der Waals surface area (Å²) >= 11 is 0. The summed E-state index contributed by atoms with van der Waals surface area (Å²) in [5.74, 6) is -1.62. The first-order chi connectivity index (χ1) is 13.3. The molecule has 0 aromatic heterocycles. The van der Waals surface area contributed by atoms with Gasteiger partial charge in [0.2, 0.25) is 10.0 Å². The number of halogens is 1. The largest absolute Gasteiger partial charge is 0.457 e. The minimum absolute atomic E-state index is 0.0161. The van der Waals surface area contributed by atoms with Gasteiger partial charge in [-0.3, -0.25) is 0 Å². The Morgan fingerprint density at radius 3 is 2.39 bits per heavy atom. The number of rotatable bonds is 5. The van der Waals surface area contributed by atoms with Gasteiger partial charge in [0.05, 0.1) is 18.8 Å². The van der Waals surface area contributed by atoms with Gasteiger partial charge >= 0.3 is 5.97 Å². The standard InChI is InChI=1S/C20H22FNO5S/c1-14-9-15(2)11-16(10-14)13-27-20(23)17-3-4-18(21)19(12-17)28(24,25)22-5-7-26-8-6-22/h3-4,9-12H,5-8,13H2,1-2H3. The predicted molar refractivity (Wildman–Crippen MR) is 101 cm³/mol. The summed E-state index contributed by atoms with van der Waals surface area (Å²) < 4.78 is 51.2. The van der Waals surface area contributed by atoms with E-state index in [-0.39, 0.29) is 38.5 Å². The van der Waals surface area contributed by atoms with Crippen LogP contribution in [-0.2, 0) is 26.1 Å². The normalized spacial score (nSPS) is 15.4. The van der Waals surface area contributed by atoms with Gasteiger partial charge in [0.15, 0.2) is 0 Å². The van der Waals surface area contributed by atoms with Gasteiger partial charge in [-0.25, -0.2) is 17.6 Å². The molecule has 0 amide bonds. The fraction of sp³-hybridized carbons (Fsp3) is 0.350. The van der Waals surface area contributed by atoms with Crippen LogP contribution in [0.3, 0.4) is 0 Å². The number of esters is 1. The third kappa shape index (κ3) is 4.57. The van der Waals surface area contributed by atoms with Crippen molar-refractivity contribution in [2.75, 3.05) is 26.3 Å². The number of sulfonamides is 1. The predicted octanol–water partition coefficient (Wildman–Crippen LogP) is 2.82. The zero-order valence-electron chi connectivity index (χ0n) is 15.8. The lowest BCUT2D eigenvalue weighted by atomic mass is 10.1. The Balaban J connectivity index is 1.79. The first kappa shape index (κ1) is 20.4. The van der Waals surface area contributed by atoms with Crippen molar-refractivity contribution in [1.82, 2.24) is 4.31 Å². The van der Waals surface area contributed by atoms with Crippen LogP contribution in [0.1, 0.15) is 27.0 Å². The maximum atomic E-state index is 14.2. The van der Waals surface area contributed by atoms with E-state index in [2.05, 4.69) is 0 Å². The number of ether oxygens (including phenoxy) is 2. The minimum Gasteiger partial charge on any atom is -0.457 e. The van der Waals surface area contributed by atoms with E-state index in [1.54, 1.807) is 0 Å². The second-order valence-electron chi connectivity index (χ2n) is 6.73. The van der Waals surface area contributed by atoms with Crippen LogP contribution >= 0.6 is 0 Å². The molecule has 150 valence electrons. The van der Waals surface area contributed by atoms with Gasteiger partial charge in [0, 0.05) is 13.1 Å². The Kier molecular flexibility index (Phi) is 6.12. The molecule has 1 heterocycles. The smallest absolute Gasteiger partial charge is 0.338 e. The van der Waals surface area contributed by atoms with Crippen molar-refractivity contribution in [3.63, 3.8) is 0 Å². The van der Waals surface area contributed by atoms with Gasteiger partial charge in [0.1, 0.15) is 17.3 Å². The van der Waals surface area contributed by atoms with E-state index < -0.39 is 26.7 Å². The van der Waals surface area contributed by atoms with Crippen molar-refractivity contribution in [1.29, 1.82) is 0 Å². The van der Waals surface area contributed by atoms with Crippen LogP contribution < -0.4 is 0 Å². The lowest BCUT2D eigenvalue weighted by Gasteiger charge is -2.26. The molecule has 1 aliphatic heterocycles. The number of carbonyl (C=O) groups is 1. The molecule has 6 nitrogen and oxygen atoms in total. The average Bonchev–Trinajstić information content (AvgIpc) is 2.66. The van der Waals surface area contributed by atoms with Crippen LogP contribution in [0.25, 0.3) is 0 Å². The number of benzene rings is 2. The van der Waals surface area contributed by atoms with Crippen molar-refractivity contribution in [3.8, 4) is 0 Å². The van der Waals surface area contributed by atoms with Crippen LogP contribution in [0.4, 0.5) is 4.39 Å². The maximum Gasteiger partial charge on any atom is 0.338 e. The first-order valence-electron chi connectivity index (χ1n) is 8.89. The van der Waals surface area contributed by atoms with E-state index in [9.17, 15) is 17.6 Å². The summed E-state index contributed by atoms with van der Waals surface area (Å²) in [7, 11) is -4.06. The van der Waals surface area contributed by atoms with Crippen molar-refractivity contribution in [2.45, 2.75) is 25.3 Å². The van der Waals surface area contributed by atoms with Crippen LogP contribution in [0.15, 0.2) is 41.3 Å². The van der Waals surface area contributed by atoms with Crippen LogP contribution in [0.5, 0.6) is 0 Å². The summed E-state index contributed by atoms with van der Waals surface area (Å²) in [4.78, 5) is 11.8. The lowest BCUT2D eigenvalue weighted by molar-refractivity contribution is 0.0472. The average molecular weight is 407 g/mol. The molecule has 0 bridgehead atoms. The van der Waals surface area contributed by atoms with Crippen molar-refractivity contribution >= 4 is 16.0 Å². The monoisotopic (exact) mass is 407 g/mol. The zero-order chi connectivity index (χ0) is 20.3. The number of nitrogens with zero attached hydrogens (tertiary/aromatic N) is 1. The van der Waals surface area contributed by atoms with Gasteiger partial charge < -0.3 is 9.47 Å². The highest BCUT2D eigenvalue weighted by Crippen LogP contribution is 2.22. The first-order valence-corrected chi connectivity index (χ1v) is 10.3. The second-order valence-corrected chi connectivity index (χ2v) is 8.64. The molecule has 0 N–H and O–H groups in total. The van der Waals surface area contributed by atoms with Crippen LogP contribution in [0, 0.1) is 19.7 Å². The highest BCUT2D eigenvalue weighted by Gasteiger charge is 2.30. The van der Waals surface area contributed by atoms with Crippen molar-refractivity contribution in [3.05, 3.63) is 64.5 Å². The molecule has 1 aliphatic rings. The molecule has 0 aliphatic carbocycles. The van der Waals surface area contributed by atoms with E-state index in [0.29, 0.717) is 0 Å². The lowest BCUT2D eigenvalue weighted by Crippen LogP contribution is -2.41. The molecule has 0 atom stereocenters. The topological polar surface area (TPSA) is 72.9 Å². The van der Waals surface area contributed by atoms with Gasteiger partial charge in [-0.15, -0.1) is 0 Å². The van der Waals surface area contributed by atoms with Crippen LogP contribution in [0.2, 0.25) is 0 Å². The van der Waals surface area contributed by atoms with Crippen LogP contribution in [-0.4, -0.2) is 45.0 Å². The molecule has 8 heteroatoms. The van der Waals surface area contributed by atoms with Crippen molar-refractivity contribution in [2.24, 2.45) is 0 Å². The molecule has 3 rings (SSSR count). The number of aryl methyl sites for hydroxylation is 2. The molecule has 0 saturated carbocycles. The molecule has 2 aromatic rings. The van der Waals surface area contributed by atoms with E-state index >= 15 is 0 Å². The maximum absolute atomic E-state index is 14.2. The van der Waals surface area contributed by atoms with E-state index in [4.69, 9.17) is 9.47 Å². The molecule has 1 saturated heterocycles. The fourth-order valence-electron chi connectivity index (χ4n) is 3.14. The Hall–Kier alpha value is -2.29. The van der Waals surface area contributed by atoms with Crippen molar-refractivity contribution < 1.29 is 27.1 Å². The Morgan fingerprint density at radius 2 is 1.75 bits per heavy atom. The van der Waals surface area contributed by atoms with E-state index in [0.717, 1.165) is 33.1 Å². The summed E-state index contributed by atoms with van der Waals surface area (Å²) in [6.07, 6.45) is 0. The van der Waals surface area contributed by atoms with E-state index in [1.165, 1.54) is 6.07 Å². The van der Waals surface area contributed by atoms with Gasteiger partial charge in [0.25, 0.3) is 0 Å². The quantitative estimate of drug-likeness (QED) is 0.713. The molecule has 0 unspecified atom stereocenters. The molecule has 1 fully saturated rings. The number of hydrogen-bond donors (Lipinski definition) is 0. The third-order valence-corrected chi connectivity index (χ3v) is 6.32. The Labute approximate surface area is 163 Å². The molecule has 0 radical (unpaired) electrons. The van der Waals surface area contributed by atoms with Gasteiger partial charge in [-0.05, 0) is 37.6 Å². The molecular formula is C20H22FNO5S. The molecule has 0 spiro atoms. The molecule has 28 heavy (non-hydrogen) atoms. The minimum atomic E-state index is -4.06. The molecule has 2 aromatic carbocycles. The molecular weight excluding hydrogens is 385 g/mol. The highest BCUT2D eigenvalue weighted by atomic mass is 32.2. The number of hydrogen-bond acceptors (Lipinski definition) is 5. The fourth-order valence-corrected chi connectivity index (χ4v) is 4.64. The Bertz CT molecular complexity index is 964. The van der Waals surface area contributed by atoms with E-state index in [1.807, 2.05) is 32.0 Å². The summed E-state index contributed by atoms with van der Waals surface area (Å²) in [6.45, 7) is 4.72. The SMILES string of the molecule is Cc1cc(C)cc(COC(=O)c2ccc(F)c(S(=O)(=O)N3CCOCC3)c2)c1. The Morgan fingerprint density at radius 1 is 1.11 bits per heavy atom. The number of morpholine rings is 1. The second kappa shape index (κ2) is 8.38. The van der Waals surface area contributed by atoms with Gasteiger partial charge in [-0.1, -0.05) is 29.3 Å². The summed E-state index contributed by atoms with van der Waals surface area (Å²) in [5.41, 5.74) is 2.91. The summed E-state index contributed by atoms with van der Waals surface area (Å²) in [5, 5.41) is 0. The third-order valence-electron chi connectivity index (χ3n) is 4.41. The highest BCUT2D eigenvalue weighted by molar-refractivity contribution is 7.89. The summed E-state index contributed by atoms with van der Waals surface area (Å²) in [6, 6.07) is 9.04.